The molecule has 1 amide bonds. The molecule has 1 atom stereocenters. The highest BCUT2D eigenvalue weighted by Crippen LogP contribution is 2.26. The number of carbonyl (C=O) groups excluding carboxylic acids is 1. The Kier molecular flexibility index (Phi) is 8.20. The second-order valence-corrected chi connectivity index (χ2v) is 8.20. The largest absolute Gasteiger partial charge is 0.497 e. The lowest BCUT2D eigenvalue weighted by Crippen LogP contribution is -2.45. The van der Waals surface area contributed by atoms with E-state index in [0.717, 1.165) is 63.4 Å². The van der Waals surface area contributed by atoms with Gasteiger partial charge in [-0.2, -0.15) is 0 Å². The van der Waals surface area contributed by atoms with Crippen molar-refractivity contribution in [3.05, 3.63) is 29.8 Å². The number of aliphatic imine (C=N–C) groups is 1. The molecule has 1 aliphatic heterocycles. The van der Waals surface area contributed by atoms with Gasteiger partial charge in [-0.1, -0.05) is 31.4 Å². The van der Waals surface area contributed by atoms with E-state index < -0.39 is 0 Å². The van der Waals surface area contributed by atoms with Crippen LogP contribution in [0.4, 0.5) is 0 Å². The van der Waals surface area contributed by atoms with Gasteiger partial charge in [0.25, 0.3) is 0 Å². The molecule has 0 radical (unpaired) electrons. The lowest BCUT2D eigenvalue weighted by atomic mass is 9.88. The second-order valence-electron chi connectivity index (χ2n) is 8.20. The third-order valence-electron chi connectivity index (χ3n) is 6.09. The molecule has 1 unspecified atom stereocenters. The number of nitrogens with one attached hydrogen (secondary N) is 2. The fourth-order valence-electron chi connectivity index (χ4n) is 4.40. The zero-order valence-corrected chi connectivity index (χ0v) is 18.0. The van der Waals surface area contributed by atoms with Crippen molar-refractivity contribution in [2.75, 3.05) is 33.8 Å². The Morgan fingerprint density at radius 2 is 2.07 bits per heavy atom. The Hall–Kier alpha value is -2.24. The van der Waals surface area contributed by atoms with E-state index in [0.29, 0.717) is 5.91 Å². The van der Waals surface area contributed by atoms with Crippen LogP contribution in [0.15, 0.2) is 29.3 Å². The van der Waals surface area contributed by atoms with Gasteiger partial charge in [0.15, 0.2) is 5.96 Å². The maximum atomic E-state index is 12.7. The fourth-order valence-corrected chi connectivity index (χ4v) is 4.40. The minimum absolute atomic E-state index is 0.261. The number of aryl methyl sites for hydroxylation is 1. The molecule has 2 fully saturated rings. The number of guanidine groups is 1. The number of rotatable bonds is 7. The molecular weight excluding hydrogens is 364 g/mol. The van der Waals surface area contributed by atoms with Gasteiger partial charge in [-0.25, -0.2) is 0 Å². The van der Waals surface area contributed by atoms with Crippen LogP contribution in [0.2, 0.25) is 0 Å². The average Bonchev–Trinajstić information content (AvgIpc) is 3.24. The molecule has 3 rings (SSSR count). The van der Waals surface area contributed by atoms with Crippen molar-refractivity contribution in [2.45, 2.75) is 57.4 Å². The highest BCUT2D eigenvalue weighted by atomic mass is 16.5. The van der Waals surface area contributed by atoms with Crippen LogP contribution in [-0.2, 0) is 11.2 Å². The Bertz CT molecular complexity index is 685. The summed E-state index contributed by atoms with van der Waals surface area (Å²) in [5.74, 6) is 2.36. The van der Waals surface area contributed by atoms with Crippen molar-refractivity contribution in [1.29, 1.82) is 0 Å². The molecule has 1 saturated heterocycles. The number of benzene rings is 1. The highest BCUT2D eigenvalue weighted by molar-refractivity contribution is 5.81. The van der Waals surface area contributed by atoms with Crippen LogP contribution in [0.3, 0.4) is 0 Å². The molecule has 1 saturated carbocycles. The van der Waals surface area contributed by atoms with E-state index in [4.69, 9.17) is 4.74 Å². The Labute approximate surface area is 175 Å². The van der Waals surface area contributed by atoms with E-state index in [1.807, 2.05) is 12.1 Å². The predicted molar refractivity (Wildman–Crippen MR) is 117 cm³/mol. The van der Waals surface area contributed by atoms with Gasteiger partial charge in [-0.15, -0.1) is 0 Å². The van der Waals surface area contributed by atoms with Crippen LogP contribution in [-0.4, -0.2) is 56.6 Å². The first kappa shape index (κ1) is 21.5. The summed E-state index contributed by atoms with van der Waals surface area (Å²) in [6.45, 7) is 2.51. The molecule has 1 aromatic carbocycles. The molecule has 6 nitrogen and oxygen atoms in total. The maximum absolute atomic E-state index is 12.7. The summed E-state index contributed by atoms with van der Waals surface area (Å²) in [6, 6.07) is 8.50. The van der Waals surface area contributed by atoms with Gasteiger partial charge in [0, 0.05) is 38.6 Å². The third-order valence-corrected chi connectivity index (χ3v) is 6.09. The molecule has 0 bridgehead atoms. The first-order valence-electron chi connectivity index (χ1n) is 11.1. The van der Waals surface area contributed by atoms with Crippen molar-refractivity contribution in [2.24, 2.45) is 10.9 Å². The number of hydrogen-bond acceptors (Lipinski definition) is 3. The normalized spacial score (nSPS) is 20.6. The van der Waals surface area contributed by atoms with Crippen LogP contribution in [0, 0.1) is 5.92 Å². The van der Waals surface area contributed by atoms with Gasteiger partial charge in [-0.3, -0.25) is 9.79 Å². The number of carbonyl (C=O) groups is 1. The first-order valence-corrected chi connectivity index (χ1v) is 11.1. The number of amides is 1. The zero-order valence-electron chi connectivity index (χ0n) is 18.0. The smallest absolute Gasteiger partial charge is 0.225 e. The molecule has 6 heteroatoms. The fraction of sp³-hybridized carbons (Fsp3) is 0.652. The SMILES string of the molecule is CN=C(NCCCc1cccc(OC)c1)NC1CCN(C(=O)C2CCCCC2)C1. The minimum Gasteiger partial charge on any atom is -0.497 e. The maximum Gasteiger partial charge on any atom is 0.225 e. The quantitative estimate of drug-likeness (QED) is 0.420. The van der Waals surface area contributed by atoms with Crippen LogP contribution in [0.25, 0.3) is 0 Å². The molecule has 0 spiro atoms. The summed E-state index contributed by atoms with van der Waals surface area (Å²) < 4.78 is 5.28. The van der Waals surface area contributed by atoms with Crippen molar-refractivity contribution in [3.8, 4) is 5.75 Å². The second kappa shape index (κ2) is 11.1. The summed E-state index contributed by atoms with van der Waals surface area (Å²) >= 11 is 0. The molecule has 2 N–H and O–H groups in total. The van der Waals surface area contributed by atoms with E-state index >= 15 is 0 Å². The number of nitrogens with zero attached hydrogens (tertiary/aromatic N) is 2. The summed E-state index contributed by atoms with van der Waals surface area (Å²) in [6.07, 6.45) is 8.85. The highest BCUT2D eigenvalue weighted by Gasteiger charge is 2.31. The lowest BCUT2D eigenvalue weighted by molar-refractivity contribution is -0.135. The summed E-state index contributed by atoms with van der Waals surface area (Å²) in [5.41, 5.74) is 1.28. The number of likely N-dealkylation sites (tertiary alicyclic amines) is 1. The minimum atomic E-state index is 0.261. The van der Waals surface area contributed by atoms with Crippen LogP contribution < -0.4 is 15.4 Å². The monoisotopic (exact) mass is 400 g/mol. The zero-order chi connectivity index (χ0) is 20.5. The standard InChI is InChI=1S/C23H36N4O2/c1-24-23(25-14-7-9-18-8-6-12-21(16-18)29-2)26-20-13-15-27(17-20)22(28)19-10-4-3-5-11-19/h6,8,12,16,19-20H,3-5,7,9-11,13-15,17H2,1-2H3,(H2,24,25,26). The van der Waals surface area contributed by atoms with E-state index in [1.165, 1.54) is 24.8 Å². The first-order chi connectivity index (χ1) is 14.2. The van der Waals surface area contributed by atoms with E-state index in [1.54, 1.807) is 14.2 Å². The van der Waals surface area contributed by atoms with Crippen LogP contribution in [0.5, 0.6) is 5.75 Å². The summed E-state index contributed by atoms with van der Waals surface area (Å²) in [4.78, 5) is 19.1. The molecular formula is C23H36N4O2. The Balaban J connectivity index is 1.37. The van der Waals surface area contributed by atoms with E-state index in [-0.39, 0.29) is 12.0 Å². The van der Waals surface area contributed by atoms with E-state index in [2.05, 4.69) is 32.7 Å². The molecule has 1 aromatic rings. The number of ether oxygens (including phenoxy) is 1. The van der Waals surface area contributed by atoms with Crippen LogP contribution >= 0.6 is 0 Å². The molecule has 160 valence electrons. The summed E-state index contributed by atoms with van der Waals surface area (Å²) in [5, 5.41) is 6.90. The molecule has 0 aromatic heterocycles. The average molecular weight is 401 g/mol. The van der Waals surface area contributed by atoms with Gasteiger partial charge in [0.1, 0.15) is 5.75 Å². The molecule has 29 heavy (non-hydrogen) atoms. The van der Waals surface area contributed by atoms with Gasteiger partial charge in [0.2, 0.25) is 5.91 Å². The van der Waals surface area contributed by atoms with E-state index in [9.17, 15) is 4.79 Å². The van der Waals surface area contributed by atoms with Crippen molar-refractivity contribution in [3.63, 3.8) is 0 Å². The number of methoxy groups -OCH3 is 1. The van der Waals surface area contributed by atoms with Gasteiger partial charge in [-0.05, 0) is 49.8 Å². The van der Waals surface area contributed by atoms with Gasteiger partial charge < -0.3 is 20.3 Å². The van der Waals surface area contributed by atoms with Crippen molar-refractivity contribution < 1.29 is 9.53 Å². The molecule has 2 aliphatic rings. The topological polar surface area (TPSA) is 66.0 Å². The van der Waals surface area contributed by atoms with Crippen molar-refractivity contribution in [1.82, 2.24) is 15.5 Å². The molecule has 1 aliphatic carbocycles. The molecule has 1 heterocycles. The van der Waals surface area contributed by atoms with Gasteiger partial charge in [0.05, 0.1) is 7.11 Å². The van der Waals surface area contributed by atoms with Gasteiger partial charge >= 0.3 is 0 Å². The lowest BCUT2D eigenvalue weighted by Gasteiger charge is -2.26. The summed E-state index contributed by atoms with van der Waals surface area (Å²) in [7, 11) is 3.50. The Morgan fingerprint density at radius 1 is 1.24 bits per heavy atom. The van der Waals surface area contributed by atoms with Crippen LogP contribution in [0.1, 0.15) is 50.5 Å². The third kappa shape index (κ3) is 6.38. The number of hydrogen-bond donors (Lipinski definition) is 2. The Morgan fingerprint density at radius 3 is 2.83 bits per heavy atom. The van der Waals surface area contributed by atoms with Crippen molar-refractivity contribution >= 4 is 11.9 Å². The predicted octanol–water partition coefficient (Wildman–Crippen LogP) is 2.97.